The molecular formula is C24H20N6O3. The van der Waals surface area contributed by atoms with Gasteiger partial charge in [-0.2, -0.15) is 5.26 Å². The second-order valence-electron chi connectivity index (χ2n) is 7.32. The zero-order valence-electron chi connectivity index (χ0n) is 17.9. The molecule has 4 rings (SSSR count). The van der Waals surface area contributed by atoms with Crippen LogP contribution in [-0.4, -0.2) is 31.6 Å². The maximum Gasteiger partial charge on any atom is 0.332 e. The summed E-state index contributed by atoms with van der Waals surface area (Å²) >= 11 is 0. The second kappa shape index (κ2) is 9.28. The number of anilines is 1. The van der Waals surface area contributed by atoms with Gasteiger partial charge >= 0.3 is 5.69 Å². The van der Waals surface area contributed by atoms with E-state index in [1.807, 2.05) is 42.5 Å². The van der Waals surface area contributed by atoms with Crippen molar-refractivity contribution < 1.29 is 4.79 Å². The number of benzene rings is 2. The molecule has 1 amide bonds. The molecule has 2 heterocycles. The van der Waals surface area contributed by atoms with E-state index in [1.54, 1.807) is 24.3 Å². The van der Waals surface area contributed by atoms with Crippen molar-refractivity contribution in [1.29, 1.82) is 5.26 Å². The first-order valence-electron chi connectivity index (χ1n) is 10.3. The molecule has 2 aromatic carbocycles. The standard InChI is InChI=1S/C24H20N6O3/c1-28-22-19(15-26-21(27-22)17-9-4-2-5-10-17)23(32)30(24(28)33)16-20(31)29(14-8-13-25)18-11-6-3-7-12-18/h2-7,9-12,15H,8,14,16H2,1H3. The summed E-state index contributed by atoms with van der Waals surface area (Å²) in [5, 5.41) is 9.10. The van der Waals surface area contributed by atoms with Crippen molar-refractivity contribution in [2.75, 3.05) is 11.4 Å². The van der Waals surface area contributed by atoms with Crippen LogP contribution in [0.1, 0.15) is 6.42 Å². The zero-order chi connectivity index (χ0) is 23.4. The minimum absolute atomic E-state index is 0.112. The van der Waals surface area contributed by atoms with Crippen LogP contribution in [0, 0.1) is 11.3 Å². The summed E-state index contributed by atoms with van der Waals surface area (Å²) in [4.78, 5) is 49.3. The van der Waals surface area contributed by atoms with E-state index in [1.165, 1.54) is 22.7 Å². The number of hydrogen-bond acceptors (Lipinski definition) is 6. The highest BCUT2D eigenvalue weighted by molar-refractivity contribution is 5.93. The second-order valence-corrected chi connectivity index (χ2v) is 7.32. The Hall–Kier alpha value is -4.58. The largest absolute Gasteiger partial charge is 0.332 e. The van der Waals surface area contributed by atoms with Gasteiger partial charge in [0.15, 0.2) is 11.5 Å². The van der Waals surface area contributed by atoms with Gasteiger partial charge in [0.25, 0.3) is 5.56 Å². The number of carbonyl (C=O) groups excluding carboxylic acids is 1. The van der Waals surface area contributed by atoms with Gasteiger partial charge in [0.1, 0.15) is 11.9 Å². The molecule has 0 aliphatic heterocycles. The van der Waals surface area contributed by atoms with E-state index in [9.17, 15) is 14.4 Å². The Balaban J connectivity index is 1.75. The van der Waals surface area contributed by atoms with E-state index in [4.69, 9.17) is 5.26 Å². The monoisotopic (exact) mass is 440 g/mol. The molecule has 0 atom stereocenters. The lowest BCUT2D eigenvalue weighted by molar-refractivity contribution is -0.119. The molecule has 0 spiro atoms. The molecule has 0 N–H and O–H groups in total. The third-order valence-electron chi connectivity index (χ3n) is 5.22. The maximum absolute atomic E-state index is 13.1. The van der Waals surface area contributed by atoms with Crippen molar-refractivity contribution in [3.05, 3.63) is 87.7 Å². The number of fused-ring (bicyclic) bond motifs is 1. The highest BCUT2D eigenvalue weighted by atomic mass is 16.2. The van der Waals surface area contributed by atoms with Gasteiger partial charge in [-0.1, -0.05) is 48.5 Å². The Bertz CT molecular complexity index is 1470. The number of hydrogen-bond donors (Lipinski definition) is 0. The first-order valence-corrected chi connectivity index (χ1v) is 10.3. The van der Waals surface area contributed by atoms with E-state index in [-0.39, 0.29) is 24.0 Å². The average molecular weight is 440 g/mol. The fourth-order valence-electron chi connectivity index (χ4n) is 3.54. The Labute approximate surface area is 188 Å². The van der Waals surface area contributed by atoms with Crippen LogP contribution in [0.4, 0.5) is 5.69 Å². The van der Waals surface area contributed by atoms with E-state index in [0.29, 0.717) is 11.5 Å². The van der Waals surface area contributed by atoms with E-state index in [2.05, 4.69) is 9.97 Å². The van der Waals surface area contributed by atoms with Crippen LogP contribution < -0.4 is 16.1 Å². The molecule has 0 fully saturated rings. The van der Waals surface area contributed by atoms with Gasteiger partial charge in [-0.3, -0.25) is 18.7 Å². The average Bonchev–Trinajstić information content (AvgIpc) is 2.86. The summed E-state index contributed by atoms with van der Waals surface area (Å²) in [6.45, 7) is -0.326. The lowest BCUT2D eigenvalue weighted by Gasteiger charge is -2.22. The van der Waals surface area contributed by atoms with Gasteiger partial charge in [-0.25, -0.2) is 14.8 Å². The van der Waals surface area contributed by atoms with Crippen LogP contribution in [0.3, 0.4) is 0 Å². The summed E-state index contributed by atoms with van der Waals surface area (Å²) in [5.74, 6) is -0.0880. The molecule has 0 bridgehead atoms. The predicted octanol–water partition coefficient (Wildman–Crippen LogP) is 2.10. The molecule has 0 unspecified atom stereocenters. The van der Waals surface area contributed by atoms with Gasteiger partial charge in [-0.05, 0) is 12.1 Å². The fraction of sp³-hybridized carbons (Fsp3) is 0.167. The fourth-order valence-corrected chi connectivity index (χ4v) is 3.54. The van der Waals surface area contributed by atoms with Gasteiger partial charge in [0.05, 0.1) is 12.5 Å². The molecule has 0 aliphatic rings. The van der Waals surface area contributed by atoms with Crippen molar-refractivity contribution in [3.63, 3.8) is 0 Å². The minimum Gasteiger partial charge on any atom is -0.310 e. The number of aryl methyl sites for hydroxylation is 1. The lowest BCUT2D eigenvalue weighted by Crippen LogP contribution is -2.45. The summed E-state index contributed by atoms with van der Waals surface area (Å²) in [6.07, 6.45) is 1.49. The van der Waals surface area contributed by atoms with Crippen LogP contribution in [0.15, 0.2) is 76.4 Å². The van der Waals surface area contributed by atoms with E-state index >= 15 is 0 Å². The van der Waals surface area contributed by atoms with Crippen LogP contribution in [0.5, 0.6) is 0 Å². The molecule has 0 saturated heterocycles. The van der Waals surface area contributed by atoms with Crippen molar-refractivity contribution >= 4 is 22.6 Å². The smallest absolute Gasteiger partial charge is 0.310 e. The number of nitriles is 1. The highest BCUT2D eigenvalue weighted by Crippen LogP contribution is 2.16. The van der Waals surface area contributed by atoms with Crippen LogP contribution in [0.2, 0.25) is 0 Å². The van der Waals surface area contributed by atoms with Gasteiger partial charge in [-0.15, -0.1) is 0 Å². The summed E-state index contributed by atoms with van der Waals surface area (Å²) in [6, 6.07) is 20.0. The zero-order valence-corrected chi connectivity index (χ0v) is 17.9. The number of carbonyl (C=O) groups is 1. The third kappa shape index (κ3) is 4.27. The molecule has 9 heteroatoms. The van der Waals surface area contributed by atoms with Crippen LogP contribution >= 0.6 is 0 Å². The first kappa shape index (κ1) is 21.6. The van der Waals surface area contributed by atoms with Crippen molar-refractivity contribution in [2.24, 2.45) is 7.05 Å². The van der Waals surface area contributed by atoms with Gasteiger partial charge < -0.3 is 4.90 Å². The third-order valence-corrected chi connectivity index (χ3v) is 5.22. The number of aromatic nitrogens is 4. The molecule has 0 saturated carbocycles. The van der Waals surface area contributed by atoms with Crippen molar-refractivity contribution in [3.8, 4) is 17.5 Å². The van der Waals surface area contributed by atoms with Crippen molar-refractivity contribution in [1.82, 2.24) is 19.1 Å². The SMILES string of the molecule is Cn1c(=O)n(CC(=O)N(CCC#N)c2ccccc2)c(=O)c2cnc(-c3ccccc3)nc21. The highest BCUT2D eigenvalue weighted by Gasteiger charge is 2.20. The first-order chi connectivity index (χ1) is 16.0. The normalized spacial score (nSPS) is 10.7. The summed E-state index contributed by atoms with van der Waals surface area (Å²) in [5.41, 5.74) is 0.217. The number of amides is 1. The Kier molecular flexibility index (Phi) is 6.09. The summed E-state index contributed by atoms with van der Waals surface area (Å²) in [7, 11) is 1.50. The van der Waals surface area contributed by atoms with E-state index < -0.39 is 23.7 Å². The Morgan fingerprint density at radius 1 is 1.06 bits per heavy atom. The Morgan fingerprint density at radius 3 is 2.39 bits per heavy atom. The lowest BCUT2D eigenvalue weighted by atomic mass is 10.2. The number of para-hydroxylation sites is 1. The van der Waals surface area contributed by atoms with Crippen molar-refractivity contribution in [2.45, 2.75) is 13.0 Å². The van der Waals surface area contributed by atoms with Gasteiger partial charge in [0, 0.05) is 31.0 Å². The molecule has 33 heavy (non-hydrogen) atoms. The molecular weight excluding hydrogens is 420 g/mol. The molecule has 2 aromatic heterocycles. The molecule has 9 nitrogen and oxygen atoms in total. The van der Waals surface area contributed by atoms with Crippen LogP contribution in [-0.2, 0) is 18.4 Å². The maximum atomic E-state index is 13.1. The molecule has 4 aromatic rings. The Morgan fingerprint density at radius 2 is 1.73 bits per heavy atom. The molecule has 164 valence electrons. The van der Waals surface area contributed by atoms with Crippen LogP contribution in [0.25, 0.3) is 22.4 Å². The summed E-state index contributed by atoms with van der Waals surface area (Å²) < 4.78 is 2.11. The topological polar surface area (TPSA) is 114 Å². The quantitative estimate of drug-likeness (QED) is 0.454. The minimum atomic E-state index is -0.660. The molecule has 0 aliphatic carbocycles. The number of nitrogens with zero attached hydrogens (tertiary/aromatic N) is 6. The number of rotatable bonds is 6. The van der Waals surface area contributed by atoms with E-state index in [0.717, 1.165) is 10.1 Å². The molecule has 0 radical (unpaired) electrons. The van der Waals surface area contributed by atoms with Gasteiger partial charge in [0.2, 0.25) is 5.91 Å². The predicted molar refractivity (Wildman–Crippen MR) is 124 cm³/mol.